The number of nitrogens with zero attached hydrogens (tertiary/aromatic N) is 1. The third-order valence-corrected chi connectivity index (χ3v) is 3.00. The summed E-state index contributed by atoms with van der Waals surface area (Å²) in [7, 11) is 0. The summed E-state index contributed by atoms with van der Waals surface area (Å²) in [4.78, 5) is 11.4. The van der Waals surface area contributed by atoms with Crippen molar-refractivity contribution in [3.63, 3.8) is 0 Å². The molecule has 0 radical (unpaired) electrons. The minimum absolute atomic E-state index is 0.254. The fraction of sp³-hybridized carbons (Fsp3) is 0.143. The molecule has 19 heavy (non-hydrogen) atoms. The molecular formula is C14H13ClN2O2. The van der Waals surface area contributed by atoms with Gasteiger partial charge in [0.2, 0.25) is 0 Å². The summed E-state index contributed by atoms with van der Waals surface area (Å²) in [5.74, 6) is 0. The van der Waals surface area contributed by atoms with Crippen LogP contribution in [0.25, 0.3) is 17.3 Å². The molecule has 1 unspecified atom stereocenters. The fourth-order valence-corrected chi connectivity index (χ4v) is 1.74. The first-order valence-corrected chi connectivity index (χ1v) is 6.16. The van der Waals surface area contributed by atoms with Gasteiger partial charge in [0.25, 0.3) is 5.56 Å². The molecule has 0 bridgehead atoms. The van der Waals surface area contributed by atoms with Crippen molar-refractivity contribution in [3.05, 3.63) is 57.3 Å². The number of aliphatic hydroxyl groups excluding tert-OH is 1. The smallest absolute Gasteiger partial charge is 0.264 e. The van der Waals surface area contributed by atoms with E-state index in [1.54, 1.807) is 13.0 Å². The average molecular weight is 277 g/mol. The first-order valence-electron chi connectivity index (χ1n) is 5.78. The predicted molar refractivity (Wildman–Crippen MR) is 75.8 cm³/mol. The highest BCUT2D eigenvalue weighted by molar-refractivity contribution is 6.32. The second kappa shape index (κ2) is 5.82. The molecular weight excluding hydrogens is 264 g/mol. The van der Waals surface area contributed by atoms with Crippen LogP contribution >= 0.6 is 11.6 Å². The first-order chi connectivity index (χ1) is 9.08. The number of aromatic nitrogens is 2. The molecule has 2 aromatic rings. The Morgan fingerprint density at radius 3 is 2.74 bits per heavy atom. The van der Waals surface area contributed by atoms with Crippen molar-refractivity contribution in [2.24, 2.45) is 0 Å². The zero-order valence-electron chi connectivity index (χ0n) is 10.3. The number of H-pyrrole nitrogens is 1. The van der Waals surface area contributed by atoms with E-state index in [0.717, 1.165) is 5.56 Å². The van der Waals surface area contributed by atoms with E-state index in [-0.39, 0.29) is 10.6 Å². The zero-order valence-corrected chi connectivity index (χ0v) is 11.1. The zero-order chi connectivity index (χ0) is 13.8. The van der Waals surface area contributed by atoms with E-state index in [2.05, 4.69) is 10.2 Å². The lowest BCUT2D eigenvalue weighted by Gasteiger charge is -2.06. The van der Waals surface area contributed by atoms with Gasteiger partial charge in [-0.05, 0) is 13.0 Å². The van der Waals surface area contributed by atoms with Crippen LogP contribution < -0.4 is 5.56 Å². The third kappa shape index (κ3) is 3.30. The van der Waals surface area contributed by atoms with E-state index in [0.29, 0.717) is 11.3 Å². The Morgan fingerprint density at radius 2 is 2.11 bits per heavy atom. The lowest BCUT2D eigenvalue weighted by molar-refractivity contribution is 0.240. The summed E-state index contributed by atoms with van der Waals surface area (Å²) in [5.41, 5.74) is 1.72. The van der Waals surface area contributed by atoms with E-state index in [4.69, 9.17) is 11.6 Å². The maximum atomic E-state index is 11.4. The Kier molecular flexibility index (Phi) is 4.14. The van der Waals surface area contributed by atoms with Gasteiger partial charge >= 0.3 is 0 Å². The topological polar surface area (TPSA) is 66.0 Å². The molecule has 0 saturated heterocycles. The Morgan fingerprint density at radius 1 is 1.42 bits per heavy atom. The van der Waals surface area contributed by atoms with Crippen molar-refractivity contribution in [2.75, 3.05) is 0 Å². The van der Waals surface area contributed by atoms with E-state index in [1.807, 2.05) is 30.3 Å². The number of hydrogen-bond acceptors (Lipinski definition) is 3. The number of aliphatic hydroxyl groups is 1. The lowest BCUT2D eigenvalue weighted by atomic mass is 10.1. The highest BCUT2D eigenvalue weighted by Gasteiger charge is 2.08. The molecule has 4 nitrogen and oxygen atoms in total. The SMILES string of the molecule is CC(O)/C(Cl)=C/c1cc(=O)[nH]nc1-c1ccccc1. The lowest BCUT2D eigenvalue weighted by Crippen LogP contribution is -2.09. The fourth-order valence-electron chi connectivity index (χ4n) is 1.62. The number of hydrogen-bond donors (Lipinski definition) is 2. The van der Waals surface area contributed by atoms with Gasteiger partial charge in [-0.15, -0.1) is 0 Å². The number of nitrogens with one attached hydrogen (secondary N) is 1. The molecule has 0 aliphatic carbocycles. The van der Waals surface area contributed by atoms with Gasteiger partial charge in [-0.25, -0.2) is 5.10 Å². The van der Waals surface area contributed by atoms with Gasteiger partial charge in [-0.3, -0.25) is 4.79 Å². The molecule has 0 spiro atoms. The average Bonchev–Trinajstić information content (AvgIpc) is 2.39. The van der Waals surface area contributed by atoms with Gasteiger partial charge in [-0.1, -0.05) is 41.9 Å². The van der Waals surface area contributed by atoms with Gasteiger partial charge in [0, 0.05) is 22.2 Å². The highest BCUT2D eigenvalue weighted by Crippen LogP contribution is 2.23. The van der Waals surface area contributed by atoms with Gasteiger partial charge in [-0.2, -0.15) is 5.10 Å². The van der Waals surface area contributed by atoms with Crippen LogP contribution in [0.2, 0.25) is 0 Å². The van der Waals surface area contributed by atoms with E-state index >= 15 is 0 Å². The maximum absolute atomic E-state index is 11.4. The highest BCUT2D eigenvalue weighted by atomic mass is 35.5. The molecule has 5 heteroatoms. The Bertz CT molecular complexity index is 648. The molecule has 0 amide bonds. The van der Waals surface area contributed by atoms with Crippen LogP contribution in [0, 0.1) is 0 Å². The quantitative estimate of drug-likeness (QED) is 0.905. The Labute approximate surface area is 115 Å². The molecule has 1 aromatic carbocycles. The predicted octanol–water partition coefficient (Wildman–Crippen LogP) is 2.40. The van der Waals surface area contributed by atoms with Crippen LogP contribution in [-0.2, 0) is 0 Å². The number of halogens is 1. The Balaban J connectivity index is 2.57. The van der Waals surface area contributed by atoms with Crippen molar-refractivity contribution in [2.45, 2.75) is 13.0 Å². The van der Waals surface area contributed by atoms with Crippen LogP contribution in [0.3, 0.4) is 0 Å². The van der Waals surface area contributed by atoms with Gasteiger partial charge < -0.3 is 5.11 Å². The Hall–Kier alpha value is -1.91. The summed E-state index contributed by atoms with van der Waals surface area (Å²) in [6.07, 6.45) is 0.765. The molecule has 1 aromatic heterocycles. The maximum Gasteiger partial charge on any atom is 0.264 e. The van der Waals surface area contributed by atoms with Gasteiger partial charge in [0.1, 0.15) is 0 Å². The molecule has 0 aliphatic heterocycles. The first kappa shape index (κ1) is 13.5. The second-order valence-electron chi connectivity index (χ2n) is 4.11. The van der Waals surface area contributed by atoms with Crippen LogP contribution in [0.15, 0.2) is 46.2 Å². The van der Waals surface area contributed by atoms with E-state index in [9.17, 15) is 9.90 Å². The van der Waals surface area contributed by atoms with Gasteiger partial charge in [0.15, 0.2) is 0 Å². The van der Waals surface area contributed by atoms with Crippen LogP contribution in [-0.4, -0.2) is 21.4 Å². The summed E-state index contributed by atoms with van der Waals surface area (Å²) >= 11 is 5.93. The molecule has 0 aliphatic rings. The molecule has 0 saturated carbocycles. The summed E-state index contributed by atoms with van der Waals surface area (Å²) < 4.78 is 0. The number of aromatic amines is 1. The summed E-state index contributed by atoms with van der Waals surface area (Å²) in [6, 6.07) is 10.8. The minimum atomic E-state index is -0.787. The normalized spacial score (nSPS) is 13.3. The van der Waals surface area contributed by atoms with E-state index in [1.165, 1.54) is 6.07 Å². The van der Waals surface area contributed by atoms with Crippen LogP contribution in [0.5, 0.6) is 0 Å². The summed E-state index contributed by atoms with van der Waals surface area (Å²) in [6.45, 7) is 1.56. The third-order valence-electron chi connectivity index (χ3n) is 2.58. The monoisotopic (exact) mass is 276 g/mol. The van der Waals surface area contributed by atoms with Gasteiger partial charge in [0.05, 0.1) is 11.8 Å². The molecule has 1 atom stereocenters. The largest absolute Gasteiger partial charge is 0.388 e. The molecule has 1 heterocycles. The van der Waals surface area contributed by atoms with Crippen molar-refractivity contribution >= 4 is 17.7 Å². The molecule has 2 rings (SSSR count). The standard InChI is InChI=1S/C14H13ClN2O2/c1-9(18)12(15)7-11-8-13(19)16-17-14(11)10-5-3-2-4-6-10/h2-9,18H,1H3,(H,16,19)/b12-7-. The number of benzene rings is 1. The van der Waals surface area contributed by atoms with Crippen LogP contribution in [0.1, 0.15) is 12.5 Å². The molecule has 2 N–H and O–H groups in total. The summed E-state index contributed by atoms with van der Waals surface area (Å²) in [5, 5.41) is 16.1. The van der Waals surface area contributed by atoms with Crippen molar-refractivity contribution in [1.29, 1.82) is 0 Å². The van der Waals surface area contributed by atoms with Crippen molar-refractivity contribution in [1.82, 2.24) is 10.2 Å². The van der Waals surface area contributed by atoms with E-state index < -0.39 is 6.10 Å². The number of rotatable bonds is 3. The molecule has 98 valence electrons. The van der Waals surface area contributed by atoms with Crippen LogP contribution in [0.4, 0.5) is 0 Å². The molecule has 0 fully saturated rings. The van der Waals surface area contributed by atoms with Crippen molar-refractivity contribution < 1.29 is 5.11 Å². The minimum Gasteiger partial charge on any atom is -0.388 e. The van der Waals surface area contributed by atoms with Crippen molar-refractivity contribution in [3.8, 4) is 11.3 Å². The second-order valence-corrected chi connectivity index (χ2v) is 4.54.